The summed E-state index contributed by atoms with van der Waals surface area (Å²) in [6, 6.07) is 1.03. The van der Waals surface area contributed by atoms with Crippen molar-refractivity contribution in [2.75, 3.05) is 19.5 Å². The van der Waals surface area contributed by atoms with Crippen LogP contribution < -0.4 is 10.5 Å². The van der Waals surface area contributed by atoms with Crippen LogP contribution in [0.5, 0.6) is 5.75 Å². The van der Waals surface area contributed by atoms with Gasteiger partial charge in [-0.3, -0.25) is 4.79 Å². The second kappa shape index (κ2) is 6.13. The monoisotopic (exact) mass is 260 g/mol. The molecule has 1 aromatic rings. The van der Waals surface area contributed by atoms with E-state index in [0.717, 1.165) is 6.07 Å². The third kappa shape index (κ3) is 3.28. The second-order valence-electron chi connectivity index (χ2n) is 3.40. The van der Waals surface area contributed by atoms with Gasteiger partial charge >= 0.3 is 5.97 Å². The molecule has 0 amide bonds. The van der Waals surface area contributed by atoms with Crippen LogP contribution in [0.1, 0.15) is 24.6 Å². The molecular formula is C11H14F2N2O3. The molecule has 5 nitrogen and oxygen atoms in total. The molecule has 1 aromatic heterocycles. The lowest BCUT2D eigenvalue weighted by molar-refractivity contribution is -0.142. The number of halogens is 2. The number of rotatable bonds is 5. The number of anilines is 1. The molecule has 0 unspecified atom stereocenters. The third-order valence-electron chi connectivity index (χ3n) is 2.15. The van der Waals surface area contributed by atoms with Crippen LogP contribution in [-0.4, -0.2) is 24.7 Å². The van der Waals surface area contributed by atoms with E-state index in [9.17, 15) is 13.6 Å². The number of carbonyl (C=O) groups is 1. The number of alkyl halides is 2. The first kappa shape index (κ1) is 14.1. The van der Waals surface area contributed by atoms with E-state index < -0.39 is 12.4 Å². The molecule has 0 atom stereocenters. The summed E-state index contributed by atoms with van der Waals surface area (Å²) in [7, 11) is 1.23. The SMILES string of the molecule is CCOC(=O)Cc1nc(N)cc(C(F)F)c1OC. The fourth-order valence-electron chi connectivity index (χ4n) is 1.50. The van der Waals surface area contributed by atoms with Gasteiger partial charge in [-0.1, -0.05) is 0 Å². The Morgan fingerprint density at radius 2 is 2.22 bits per heavy atom. The standard InChI is InChI=1S/C11H14F2N2O3/c1-3-18-9(16)5-7-10(17-2)6(11(12)13)4-8(14)15-7/h4,11H,3,5H2,1-2H3,(H2,14,15). The Hall–Kier alpha value is -1.92. The van der Waals surface area contributed by atoms with Gasteiger partial charge in [-0.25, -0.2) is 13.8 Å². The smallest absolute Gasteiger partial charge is 0.312 e. The van der Waals surface area contributed by atoms with Crippen LogP contribution in [0.25, 0.3) is 0 Å². The number of nitrogens with zero attached hydrogens (tertiary/aromatic N) is 1. The average Bonchev–Trinajstić information content (AvgIpc) is 2.28. The number of nitrogen functional groups attached to an aromatic ring is 1. The van der Waals surface area contributed by atoms with Gasteiger partial charge in [0, 0.05) is 0 Å². The van der Waals surface area contributed by atoms with Gasteiger partial charge in [0.1, 0.15) is 11.6 Å². The highest BCUT2D eigenvalue weighted by molar-refractivity contribution is 5.73. The van der Waals surface area contributed by atoms with Gasteiger partial charge in [0.2, 0.25) is 0 Å². The van der Waals surface area contributed by atoms with Crippen LogP contribution in [0.15, 0.2) is 6.07 Å². The largest absolute Gasteiger partial charge is 0.494 e. The van der Waals surface area contributed by atoms with E-state index in [1.807, 2.05) is 0 Å². The van der Waals surface area contributed by atoms with Gasteiger partial charge < -0.3 is 15.2 Å². The lowest BCUT2D eigenvalue weighted by atomic mass is 10.1. The highest BCUT2D eigenvalue weighted by Gasteiger charge is 2.21. The number of pyridine rings is 1. The molecule has 0 bridgehead atoms. The van der Waals surface area contributed by atoms with Crippen LogP contribution in [0.2, 0.25) is 0 Å². The topological polar surface area (TPSA) is 74.4 Å². The summed E-state index contributed by atoms with van der Waals surface area (Å²) in [5, 5.41) is 0. The molecule has 18 heavy (non-hydrogen) atoms. The summed E-state index contributed by atoms with van der Waals surface area (Å²) in [5.74, 6) is -0.799. The van der Waals surface area contributed by atoms with Crippen molar-refractivity contribution in [2.24, 2.45) is 0 Å². The number of hydrogen-bond donors (Lipinski definition) is 1. The highest BCUT2D eigenvalue weighted by Crippen LogP contribution is 2.32. The number of hydrogen-bond acceptors (Lipinski definition) is 5. The molecule has 0 saturated carbocycles. The van der Waals surface area contributed by atoms with E-state index in [1.54, 1.807) is 6.92 Å². The van der Waals surface area contributed by atoms with Gasteiger partial charge in [-0.2, -0.15) is 0 Å². The lowest BCUT2D eigenvalue weighted by Crippen LogP contribution is -2.12. The first-order valence-electron chi connectivity index (χ1n) is 5.26. The highest BCUT2D eigenvalue weighted by atomic mass is 19.3. The van der Waals surface area contributed by atoms with Crippen molar-refractivity contribution in [3.63, 3.8) is 0 Å². The minimum atomic E-state index is -2.76. The molecule has 1 heterocycles. The molecule has 0 radical (unpaired) electrons. The molecule has 0 spiro atoms. The maximum atomic E-state index is 12.8. The van der Waals surface area contributed by atoms with E-state index in [0.29, 0.717) is 0 Å². The van der Waals surface area contributed by atoms with Gasteiger partial charge in [-0.05, 0) is 13.0 Å². The Balaban J connectivity index is 3.13. The Morgan fingerprint density at radius 1 is 1.56 bits per heavy atom. The predicted molar refractivity (Wildman–Crippen MR) is 60.5 cm³/mol. The number of esters is 1. The molecule has 0 aliphatic carbocycles. The first-order valence-corrected chi connectivity index (χ1v) is 5.26. The summed E-state index contributed by atoms with van der Waals surface area (Å²) >= 11 is 0. The Bertz CT molecular complexity index is 439. The molecule has 0 aliphatic heterocycles. The summed E-state index contributed by atoms with van der Waals surface area (Å²) < 4.78 is 35.1. The van der Waals surface area contributed by atoms with Crippen LogP contribution in [-0.2, 0) is 16.0 Å². The van der Waals surface area contributed by atoms with Crippen LogP contribution in [0.3, 0.4) is 0 Å². The molecule has 0 fully saturated rings. The molecule has 100 valence electrons. The second-order valence-corrected chi connectivity index (χ2v) is 3.40. The number of methoxy groups -OCH3 is 1. The van der Waals surface area contributed by atoms with E-state index in [4.69, 9.17) is 15.2 Å². The zero-order valence-corrected chi connectivity index (χ0v) is 10.1. The van der Waals surface area contributed by atoms with Crippen molar-refractivity contribution >= 4 is 11.8 Å². The summed E-state index contributed by atoms with van der Waals surface area (Å²) in [6.07, 6.45) is -3.02. The predicted octanol–water partition coefficient (Wildman–Crippen LogP) is 1.72. The maximum Gasteiger partial charge on any atom is 0.312 e. The maximum absolute atomic E-state index is 12.8. The average molecular weight is 260 g/mol. The van der Waals surface area contributed by atoms with Gasteiger partial charge in [0.25, 0.3) is 6.43 Å². The Labute approximate surface area is 103 Å². The van der Waals surface area contributed by atoms with Gasteiger partial charge in [-0.15, -0.1) is 0 Å². The molecule has 1 rings (SSSR count). The zero-order valence-electron chi connectivity index (χ0n) is 10.1. The minimum absolute atomic E-state index is 0.0475. The zero-order chi connectivity index (χ0) is 13.7. The summed E-state index contributed by atoms with van der Waals surface area (Å²) in [4.78, 5) is 15.2. The summed E-state index contributed by atoms with van der Waals surface area (Å²) in [5.41, 5.74) is 5.08. The van der Waals surface area contributed by atoms with Crippen molar-refractivity contribution in [1.29, 1.82) is 0 Å². The fourth-order valence-corrected chi connectivity index (χ4v) is 1.50. The van der Waals surface area contributed by atoms with Crippen LogP contribution in [0.4, 0.5) is 14.6 Å². The number of ether oxygens (including phenoxy) is 2. The lowest BCUT2D eigenvalue weighted by Gasteiger charge is -2.13. The molecule has 0 saturated heterocycles. The number of carbonyl (C=O) groups excluding carboxylic acids is 1. The molecule has 7 heteroatoms. The molecule has 0 aromatic carbocycles. The normalized spacial score (nSPS) is 10.5. The summed E-state index contributed by atoms with van der Waals surface area (Å²) in [6.45, 7) is 1.84. The van der Waals surface area contributed by atoms with Gasteiger partial charge in [0.05, 0.1) is 31.4 Å². The molecule has 0 aliphatic rings. The van der Waals surface area contributed by atoms with Crippen molar-refractivity contribution in [2.45, 2.75) is 19.8 Å². The van der Waals surface area contributed by atoms with E-state index in [1.165, 1.54) is 7.11 Å². The van der Waals surface area contributed by atoms with Crippen LogP contribution in [0, 0.1) is 0 Å². The molecule has 2 N–H and O–H groups in total. The van der Waals surface area contributed by atoms with E-state index >= 15 is 0 Å². The van der Waals surface area contributed by atoms with Crippen molar-refractivity contribution in [1.82, 2.24) is 4.98 Å². The van der Waals surface area contributed by atoms with Crippen molar-refractivity contribution in [3.8, 4) is 5.75 Å². The van der Waals surface area contributed by atoms with Crippen LogP contribution >= 0.6 is 0 Å². The Morgan fingerprint density at radius 3 is 2.72 bits per heavy atom. The number of aromatic nitrogens is 1. The van der Waals surface area contributed by atoms with Crippen molar-refractivity contribution < 1.29 is 23.0 Å². The third-order valence-corrected chi connectivity index (χ3v) is 2.15. The van der Waals surface area contributed by atoms with E-state index in [-0.39, 0.29) is 35.9 Å². The van der Waals surface area contributed by atoms with Gasteiger partial charge in [0.15, 0.2) is 0 Å². The molecular weight excluding hydrogens is 246 g/mol. The van der Waals surface area contributed by atoms with E-state index in [2.05, 4.69) is 4.98 Å². The van der Waals surface area contributed by atoms with Crippen molar-refractivity contribution in [3.05, 3.63) is 17.3 Å². The number of nitrogens with two attached hydrogens (primary N) is 1. The first-order chi connectivity index (χ1) is 8.49. The Kier molecular flexibility index (Phi) is 4.82. The quantitative estimate of drug-likeness (QED) is 0.816. The fraction of sp³-hybridized carbons (Fsp3) is 0.455. The minimum Gasteiger partial charge on any atom is -0.494 e.